The molecule has 0 aliphatic heterocycles. The first-order valence-corrected chi connectivity index (χ1v) is 5.68. The zero-order valence-electron chi connectivity index (χ0n) is 9.70. The number of nitrogens with two attached hydrogens (primary N) is 1. The molecule has 0 spiro atoms. The molecule has 2 atom stereocenters. The molecule has 0 heterocycles. The molecule has 1 rings (SSSR count). The lowest BCUT2D eigenvalue weighted by molar-refractivity contribution is 0.0550. The van der Waals surface area contributed by atoms with Crippen molar-refractivity contribution in [1.82, 2.24) is 4.90 Å². The lowest BCUT2D eigenvalue weighted by Gasteiger charge is -2.27. The number of likely N-dealkylation sites (N-methyl/N-ethyl adjacent to an activating group) is 1. The summed E-state index contributed by atoms with van der Waals surface area (Å²) in [4.78, 5) is 2.35. The summed E-state index contributed by atoms with van der Waals surface area (Å²) in [6, 6.07) is 0.949. The summed E-state index contributed by atoms with van der Waals surface area (Å²) in [6.07, 6.45) is 4.04. The van der Waals surface area contributed by atoms with Crippen LogP contribution < -0.4 is 5.73 Å². The average Bonchev–Trinajstić information content (AvgIpc) is 2.50. The highest BCUT2D eigenvalue weighted by Crippen LogP contribution is 2.21. The Morgan fingerprint density at radius 1 is 1.43 bits per heavy atom. The van der Waals surface area contributed by atoms with Gasteiger partial charge in [0.25, 0.3) is 0 Å². The molecule has 0 bridgehead atoms. The van der Waals surface area contributed by atoms with Crippen molar-refractivity contribution in [2.45, 2.75) is 51.3 Å². The molecule has 1 aliphatic rings. The quantitative estimate of drug-likeness (QED) is 0.725. The maximum atomic E-state index is 6.03. The van der Waals surface area contributed by atoms with Gasteiger partial charge in [0.15, 0.2) is 0 Å². The minimum absolute atomic E-state index is 0.334. The third kappa shape index (κ3) is 3.56. The number of hydrogen-bond donors (Lipinski definition) is 1. The lowest BCUT2D eigenvalue weighted by Crippen LogP contribution is -2.43. The van der Waals surface area contributed by atoms with Crippen molar-refractivity contribution in [2.24, 2.45) is 5.73 Å². The van der Waals surface area contributed by atoms with Crippen molar-refractivity contribution in [1.29, 1.82) is 0 Å². The maximum Gasteiger partial charge on any atom is 0.0596 e. The standard InChI is InChI=1S/C11H24N2O/c1-9(2)14-8-7-13(3)11-6-4-5-10(11)12/h9-11H,4-8,12H2,1-3H3. The molecule has 0 saturated heterocycles. The molecule has 0 amide bonds. The summed E-state index contributed by atoms with van der Waals surface area (Å²) in [6.45, 7) is 5.95. The number of nitrogens with zero attached hydrogens (tertiary/aromatic N) is 1. The second-order valence-corrected chi connectivity index (χ2v) is 4.56. The van der Waals surface area contributed by atoms with Crippen LogP contribution in [-0.4, -0.2) is 43.3 Å². The maximum absolute atomic E-state index is 6.03. The van der Waals surface area contributed by atoms with Crippen molar-refractivity contribution < 1.29 is 4.74 Å². The molecule has 1 aliphatic carbocycles. The van der Waals surface area contributed by atoms with E-state index in [1.165, 1.54) is 19.3 Å². The van der Waals surface area contributed by atoms with Gasteiger partial charge in [-0.05, 0) is 33.7 Å². The minimum atomic E-state index is 0.334. The van der Waals surface area contributed by atoms with E-state index in [2.05, 4.69) is 25.8 Å². The fourth-order valence-electron chi connectivity index (χ4n) is 2.11. The van der Waals surface area contributed by atoms with E-state index in [1.807, 2.05) is 0 Å². The van der Waals surface area contributed by atoms with Crippen molar-refractivity contribution in [3.8, 4) is 0 Å². The average molecular weight is 200 g/mol. The minimum Gasteiger partial charge on any atom is -0.377 e. The summed E-state index contributed by atoms with van der Waals surface area (Å²) in [5.74, 6) is 0. The van der Waals surface area contributed by atoms with Gasteiger partial charge in [0.05, 0.1) is 12.7 Å². The monoisotopic (exact) mass is 200 g/mol. The van der Waals surface area contributed by atoms with Gasteiger partial charge < -0.3 is 10.5 Å². The van der Waals surface area contributed by atoms with E-state index in [4.69, 9.17) is 10.5 Å². The molecule has 2 unspecified atom stereocenters. The van der Waals surface area contributed by atoms with Gasteiger partial charge in [-0.15, -0.1) is 0 Å². The van der Waals surface area contributed by atoms with Gasteiger partial charge in [-0.3, -0.25) is 4.90 Å². The smallest absolute Gasteiger partial charge is 0.0596 e. The number of hydrogen-bond acceptors (Lipinski definition) is 3. The summed E-state index contributed by atoms with van der Waals surface area (Å²) in [5.41, 5.74) is 6.03. The van der Waals surface area contributed by atoms with Gasteiger partial charge in [0.1, 0.15) is 0 Å². The van der Waals surface area contributed by atoms with Crippen molar-refractivity contribution in [3.63, 3.8) is 0 Å². The van der Waals surface area contributed by atoms with Crippen LogP contribution in [0.1, 0.15) is 33.1 Å². The van der Waals surface area contributed by atoms with Gasteiger partial charge >= 0.3 is 0 Å². The molecule has 0 radical (unpaired) electrons. The number of rotatable bonds is 5. The van der Waals surface area contributed by atoms with E-state index < -0.39 is 0 Å². The first kappa shape index (κ1) is 12.0. The van der Waals surface area contributed by atoms with Gasteiger partial charge in [-0.25, -0.2) is 0 Å². The lowest BCUT2D eigenvalue weighted by atomic mass is 10.1. The van der Waals surface area contributed by atoms with Gasteiger partial charge in [-0.1, -0.05) is 6.42 Å². The van der Waals surface area contributed by atoms with Gasteiger partial charge in [-0.2, -0.15) is 0 Å². The highest BCUT2D eigenvalue weighted by atomic mass is 16.5. The van der Waals surface area contributed by atoms with Crippen LogP contribution in [0.15, 0.2) is 0 Å². The van der Waals surface area contributed by atoms with Crippen LogP contribution >= 0.6 is 0 Å². The highest BCUT2D eigenvalue weighted by Gasteiger charge is 2.26. The Morgan fingerprint density at radius 2 is 2.14 bits per heavy atom. The molecule has 1 saturated carbocycles. The molecular formula is C11H24N2O. The molecular weight excluding hydrogens is 176 g/mol. The Hall–Kier alpha value is -0.120. The van der Waals surface area contributed by atoms with E-state index in [1.54, 1.807) is 0 Å². The van der Waals surface area contributed by atoms with Crippen LogP contribution in [0.25, 0.3) is 0 Å². The summed E-state index contributed by atoms with van der Waals surface area (Å²) in [5, 5.41) is 0. The summed E-state index contributed by atoms with van der Waals surface area (Å²) < 4.78 is 5.52. The third-order valence-corrected chi connectivity index (χ3v) is 2.99. The second kappa shape index (κ2) is 5.69. The van der Waals surface area contributed by atoms with Crippen LogP contribution in [0.3, 0.4) is 0 Å². The second-order valence-electron chi connectivity index (χ2n) is 4.56. The van der Waals surface area contributed by atoms with Gasteiger partial charge in [0.2, 0.25) is 0 Å². The largest absolute Gasteiger partial charge is 0.377 e. The summed E-state index contributed by atoms with van der Waals surface area (Å²) >= 11 is 0. The SMILES string of the molecule is CC(C)OCCN(C)C1CCCC1N. The highest BCUT2D eigenvalue weighted by molar-refractivity contribution is 4.86. The Kier molecular flexibility index (Phi) is 4.85. The molecule has 3 heteroatoms. The first-order valence-electron chi connectivity index (χ1n) is 5.68. The molecule has 14 heavy (non-hydrogen) atoms. The van der Waals surface area contributed by atoms with Crippen LogP contribution in [0.4, 0.5) is 0 Å². The Labute approximate surface area is 87.6 Å². The van der Waals surface area contributed by atoms with Crippen LogP contribution in [0.2, 0.25) is 0 Å². The van der Waals surface area contributed by atoms with E-state index in [-0.39, 0.29) is 0 Å². The van der Waals surface area contributed by atoms with E-state index >= 15 is 0 Å². The van der Waals surface area contributed by atoms with E-state index in [0.717, 1.165) is 13.2 Å². The Morgan fingerprint density at radius 3 is 2.64 bits per heavy atom. The summed E-state index contributed by atoms with van der Waals surface area (Å²) in [7, 11) is 2.15. The normalized spacial score (nSPS) is 27.9. The predicted octanol–water partition coefficient (Wildman–Crippen LogP) is 1.22. The molecule has 0 aromatic heterocycles. The third-order valence-electron chi connectivity index (χ3n) is 2.99. The Balaban J connectivity index is 2.17. The van der Waals surface area contributed by atoms with Crippen LogP contribution in [0.5, 0.6) is 0 Å². The molecule has 0 aromatic rings. The predicted molar refractivity (Wildman–Crippen MR) is 59.3 cm³/mol. The molecule has 84 valence electrons. The first-order chi connectivity index (χ1) is 6.61. The topological polar surface area (TPSA) is 38.5 Å². The fourth-order valence-corrected chi connectivity index (χ4v) is 2.11. The molecule has 3 nitrogen and oxygen atoms in total. The van der Waals surface area contributed by atoms with Crippen molar-refractivity contribution >= 4 is 0 Å². The van der Waals surface area contributed by atoms with Crippen molar-refractivity contribution in [2.75, 3.05) is 20.2 Å². The molecule has 1 fully saturated rings. The van der Waals surface area contributed by atoms with Crippen molar-refractivity contribution in [3.05, 3.63) is 0 Å². The van der Waals surface area contributed by atoms with Crippen LogP contribution in [-0.2, 0) is 4.74 Å². The van der Waals surface area contributed by atoms with E-state index in [9.17, 15) is 0 Å². The van der Waals surface area contributed by atoms with Gasteiger partial charge in [0, 0.05) is 18.6 Å². The molecule has 2 N–H and O–H groups in total. The number of ether oxygens (including phenoxy) is 1. The zero-order valence-corrected chi connectivity index (χ0v) is 9.70. The molecule has 0 aromatic carbocycles. The Bertz CT molecular complexity index is 161. The van der Waals surface area contributed by atoms with Crippen LogP contribution in [0, 0.1) is 0 Å². The fraction of sp³-hybridized carbons (Fsp3) is 1.00. The zero-order chi connectivity index (χ0) is 10.6. The van der Waals surface area contributed by atoms with E-state index in [0.29, 0.717) is 18.2 Å².